The molecule has 0 saturated carbocycles. The molecular formula is C16H21FN2O4S3. The summed E-state index contributed by atoms with van der Waals surface area (Å²) >= 11 is 2.47. The number of carbonyl (C=O) groups is 1. The lowest BCUT2D eigenvalue weighted by atomic mass is 10.2. The average molecular weight is 421 g/mol. The topological polar surface area (TPSA) is 85.4 Å². The number of hydrogen-bond donors (Lipinski definition) is 1. The SMILES string of the molecule is CCOC(=O)C(CCSC)NCC(F)S(=O)(=O)c1nc2ccccc2s1. The van der Waals surface area contributed by atoms with Crippen LogP contribution in [0.25, 0.3) is 10.2 Å². The molecular weight excluding hydrogens is 399 g/mol. The Morgan fingerprint density at radius 3 is 2.81 bits per heavy atom. The third-order valence-electron chi connectivity index (χ3n) is 3.56. The summed E-state index contributed by atoms with van der Waals surface area (Å²) in [7, 11) is -4.23. The van der Waals surface area contributed by atoms with E-state index < -0.39 is 33.9 Å². The molecule has 144 valence electrons. The van der Waals surface area contributed by atoms with Crippen molar-refractivity contribution >= 4 is 49.1 Å². The van der Waals surface area contributed by atoms with Crippen LogP contribution in [0.4, 0.5) is 4.39 Å². The summed E-state index contributed by atoms with van der Waals surface area (Å²) in [5, 5.41) is 2.68. The van der Waals surface area contributed by atoms with E-state index >= 15 is 0 Å². The highest BCUT2D eigenvalue weighted by atomic mass is 32.2. The van der Waals surface area contributed by atoms with Gasteiger partial charge in [0, 0.05) is 6.54 Å². The van der Waals surface area contributed by atoms with Crippen molar-refractivity contribution in [1.82, 2.24) is 10.3 Å². The molecule has 2 atom stereocenters. The summed E-state index contributed by atoms with van der Waals surface area (Å²) in [4.78, 5) is 15.9. The van der Waals surface area contributed by atoms with Crippen molar-refractivity contribution in [3.8, 4) is 0 Å². The summed E-state index contributed by atoms with van der Waals surface area (Å²) in [6, 6.07) is 6.17. The van der Waals surface area contributed by atoms with Crippen molar-refractivity contribution in [3.05, 3.63) is 24.3 Å². The first-order valence-corrected chi connectivity index (χ1v) is 11.8. The van der Waals surface area contributed by atoms with Crippen molar-refractivity contribution in [3.63, 3.8) is 0 Å². The molecule has 0 amide bonds. The van der Waals surface area contributed by atoms with Crippen LogP contribution >= 0.6 is 23.1 Å². The number of alkyl halides is 1. The number of sulfone groups is 1. The molecule has 2 aromatic rings. The van der Waals surface area contributed by atoms with Crippen molar-refractivity contribution in [2.45, 2.75) is 29.2 Å². The van der Waals surface area contributed by atoms with Gasteiger partial charge in [0.25, 0.3) is 0 Å². The normalized spacial score (nSPS) is 14.3. The molecule has 1 heterocycles. The second-order valence-corrected chi connectivity index (χ2v) is 9.66. The number of halogens is 1. The Morgan fingerprint density at radius 1 is 1.42 bits per heavy atom. The molecule has 0 fully saturated rings. The van der Waals surface area contributed by atoms with Crippen molar-refractivity contribution in [2.75, 3.05) is 25.2 Å². The van der Waals surface area contributed by atoms with Gasteiger partial charge in [-0.3, -0.25) is 4.79 Å². The van der Waals surface area contributed by atoms with E-state index in [1.54, 1.807) is 31.2 Å². The summed E-state index contributed by atoms with van der Waals surface area (Å²) in [6.07, 6.45) is 2.31. The van der Waals surface area contributed by atoms with Gasteiger partial charge in [-0.2, -0.15) is 11.8 Å². The number of nitrogens with one attached hydrogen (secondary N) is 1. The fourth-order valence-electron chi connectivity index (χ4n) is 2.21. The van der Waals surface area contributed by atoms with Gasteiger partial charge < -0.3 is 10.1 Å². The molecule has 1 aromatic heterocycles. The highest BCUT2D eigenvalue weighted by Gasteiger charge is 2.32. The number of thiazole rings is 1. The van der Waals surface area contributed by atoms with Crippen LogP contribution in [0.2, 0.25) is 0 Å². The van der Waals surface area contributed by atoms with Gasteiger partial charge in [-0.05, 0) is 37.5 Å². The number of hydrogen-bond acceptors (Lipinski definition) is 8. The minimum Gasteiger partial charge on any atom is -0.465 e. The molecule has 0 bridgehead atoms. The van der Waals surface area contributed by atoms with E-state index in [-0.39, 0.29) is 10.9 Å². The Labute approximate surface area is 160 Å². The molecule has 1 aromatic carbocycles. The first-order valence-electron chi connectivity index (χ1n) is 8.02. The zero-order valence-corrected chi connectivity index (χ0v) is 16.9. The number of benzene rings is 1. The number of para-hydroxylation sites is 1. The summed E-state index contributed by atoms with van der Waals surface area (Å²) in [6.45, 7) is 1.38. The second kappa shape index (κ2) is 9.63. The van der Waals surface area contributed by atoms with Crippen LogP contribution in [0.5, 0.6) is 0 Å². The van der Waals surface area contributed by atoms with Gasteiger partial charge in [-0.1, -0.05) is 12.1 Å². The largest absolute Gasteiger partial charge is 0.465 e. The van der Waals surface area contributed by atoms with Crippen molar-refractivity contribution < 1.29 is 22.3 Å². The van der Waals surface area contributed by atoms with E-state index in [1.807, 2.05) is 6.26 Å². The molecule has 0 aliphatic heterocycles. The fraction of sp³-hybridized carbons (Fsp3) is 0.500. The van der Waals surface area contributed by atoms with Crippen LogP contribution in [0, 0.1) is 0 Å². The number of rotatable bonds is 10. The number of aromatic nitrogens is 1. The third kappa shape index (κ3) is 5.15. The molecule has 2 rings (SSSR count). The van der Waals surface area contributed by atoms with E-state index in [4.69, 9.17) is 4.74 Å². The zero-order valence-electron chi connectivity index (χ0n) is 14.5. The highest BCUT2D eigenvalue weighted by Crippen LogP contribution is 2.28. The lowest BCUT2D eigenvalue weighted by Gasteiger charge is -2.18. The zero-order chi connectivity index (χ0) is 19.2. The second-order valence-electron chi connectivity index (χ2n) is 5.40. The van der Waals surface area contributed by atoms with Gasteiger partial charge in [-0.15, -0.1) is 11.3 Å². The number of nitrogens with zero attached hydrogens (tertiary/aromatic N) is 1. The maximum Gasteiger partial charge on any atom is 0.323 e. The summed E-state index contributed by atoms with van der Waals surface area (Å²) in [5.41, 5.74) is -1.69. The molecule has 0 radical (unpaired) electrons. The maximum absolute atomic E-state index is 14.5. The number of esters is 1. The van der Waals surface area contributed by atoms with Crippen LogP contribution in [0.1, 0.15) is 13.3 Å². The van der Waals surface area contributed by atoms with Gasteiger partial charge >= 0.3 is 5.97 Å². The van der Waals surface area contributed by atoms with E-state index in [0.29, 0.717) is 22.4 Å². The van der Waals surface area contributed by atoms with Crippen LogP contribution < -0.4 is 5.32 Å². The van der Waals surface area contributed by atoms with Gasteiger partial charge in [0.05, 0.1) is 16.8 Å². The standard InChI is InChI=1S/C16H21FN2O4S3/c1-3-23-15(20)12(8-9-24-2)18-10-14(17)26(21,22)16-19-11-6-4-5-7-13(11)25-16/h4-7,12,14,18H,3,8-10H2,1-2H3. The molecule has 10 heteroatoms. The minimum absolute atomic E-state index is 0.208. The Bertz CT molecular complexity index is 808. The quantitative estimate of drug-likeness (QED) is 0.592. The number of carbonyl (C=O) groups excluding carboxylic acids is 1. The molecule has 0 spiro atoms. The molecule has 6 nitrogen and oxygen atoms in total. The summed E-state index contributed by atoms with van der Waals surface area (Å²) < 4.78 is 44.7. The average Bonchev–Trinajstić information content (AvgIpc) is 3.06. The minimum atomic E-state index is -4.23. The van der Waals surface area contributed by atoms with Gasteiger partial charge in [0.15, 0.2) is 0 Å². The molecule has 26 heavy (non-hydrogen) atoms. The van der Waals surface area contributed by atoms with E-state index in [9.17, 15) is 17.6 Å². The van der Waals surface area contributed by atoms with Crippen LogP contribution in [0.15, 0.2) is 28.6 Å². The molecule has 0 aliphatic carbocycles. The van der Waals surface area contributed by atoms with E-state index in [1.165, 1.54) is 11.8 Å². The Balaban J connectivity index is 2.08. The van der Waals surface area contributed by atoms with Gasteiger partial charge in [-0.25, -0.2) is 17.8 Å². The molecule has 2 unspecified atom stereocenters. The first-order chi connectivity index (χ1) is 12.4. The molecule has 0 aliphatic rings. The lowest BCUT2D eigenvalue weighted by molar-refractivity contribution is -0.145. The monoisotopic (exact) mass is 420 g/mol. The first kappa shape index (κ1) is 21.1. The maximum atomic E-state index is 14.5. The van der Waals surface area contributed by atoms with Crippen molar-refractivity contribution in [1.29, 1.82) is 0 Å². The Hall–Kier alpha value is -1.23. The van der Waals surface area contributed by atoms with E-state index in [0.717, 1.165) is 11.3 Å². The van der Waals surface area contributed by atoms with Crippen LogP contribution in [-0.4, -0.2) is 56.1 Å². The number of fused-ring (bicyclic) bond motifs is 1. The van der Waals surface area contributed by atoms with Crippen LogP contribution in [0.3, 0.4) is 0 Å². The predicted octanol–water partition coefficient (Wildman–Crippen LogP) is 2.64. The number of thioether (sulfide) groups is 1. The lowest BCUT2D eigenvalue weighted by Crippen LogP contribution is -2.43. The predicted molar refractivity (Wildman–Crippen MR) is 103 cm³/mol. The highest BCUT2D eigenvalue weighted by molar-refractivity contribution is 7.98. The fourth-order valence-corrected chi connectivity index (χ4v) is 5.18. The van der Waals surface area contributed by atoms with Crippen LogP contribution in [-0.2, 0) is 19.4 Å². The third-order valence-corrected chi connectivity index (χ3v) is 7.40. The van der Waals surface area contributed by atoms with Crippen molar-refractivity contribution in [2.24, 2.45) is 0 Å². The summed E-state index contributed by atoms with van der Waals surface area (Å²) in [5.74, 6) is 0.157. The smallest absolute Gasteiger partial charge is 0.323 e. The van der Waals surface area contributed by atoms with Gasteiger partial charge in [0.2, 0.25) is 19.7 Å². The molecule has 0 saturated heterocycles. The molecule has 1 N–H and O–H groups in total. The Kier molecular flexibility index (Phi) is 7.81. The number of ether oxygens (including phenoxy) is 1. The Morgan fingerprint density at radius 2 is 2.15 bits per heavy atom. The van der Waals surface area contributed by atoms with Gasteiger partial charge in [0.1, 0.15) is 6.04 Å². The van der Waals surface area contributed by atoms with E-state index in [2.05, 4.69) is 10.3 Å².